The summed E-state index contributed by atoms with van der Waals surface area (Å²) in [4.78, 5) is 14.1. The van der Waals surface area contributed by atoms with E-state index in [-0.39, 0.29) is 11.8 Å². The lowest BCUT2D eigenvalue weighted by Crippen LogP contribution is -2.38. The summed E-state index contributed by atoms with van der Waals surface area (Å²) in [5, 5.41) is 12.6. The highest BCUT2D eigenvalue weighted by molar-refractivity contribution is 5.79. The van der Waals surface area contributed by atoms with Crippen molar-refractivity contribution in [3.05, 3.63) is 35.9 Å². The van der Waals surface area contributed by atoms with Crippen molar-refractivity contribution in [3.63, 3.8) is 0 Å². The number of aliphatic hydroxyl groups excluding tert-OH is 1. The number of nitrogens with zero attached hydrogens (tertiary/aromatic N) is 1. The number of rotatable bonds is 6. The molecule has 4 nitrogen and oxygen atoms in total. The maximum Gasteiger partial charge on any atom is 0.225 e. The Morgan fingerprint density at radius 2 is 2.10 bits per heavy atom. The molecule has 2 N–H and O–H groups in total. The summed E-state index contributed by atoms with van der Waals surface area (Å²) in [7, 11) is 2.05. The second-order valence-electron chi connectivity index (χ2n) is 5.62. The van der Waals surface area contributed by atoms with Crippen LogP contribution in [0.25, 0.3) is 0 Å². The fourth-order valence-corrected chi connectivity index (χ4v) is 2.72. The number of aliphatic hydroxyl groups is 1. The molecule has 0 radical (unpaired) electrons. The van der Waals surface area contributed by atoms with E-state index in [0.717, 1.165) is 32.4 Å². The minimum atomic E-state index is -0.447. The Morgan fingerprint density at radius 1 is 1.35 bits per heavy atom. The molecule has 1 aromatic carbocycles. The second kappa shape index (κ2) is 7.41. The van der Waals surface area contributed by atoms with Gasteiger partial charge in [-0.25, -0.2) is 0 Å². The van der Waals surface area contributed by atoms with Crippen molar-refractivity contribution in [3.8, 4) is 0 Å². The van der Waals surface area contributed by atoms with E-state index in [0.29, 0.717) is 6.54 Å². The summed E-state index contributed by atoms with van der Waals surface area (Å²) < 4.78 is 0. The van der Waals surface area contributed by atoms with E-state index in [1.165, 1.54) is 5.56 Å². The molecule has 1 amide bonds. The first-order valence-electron chi connectivity index (χ1n) is 7.35. The summed E-state index contributed by atoms with van der Waals surface area (Å²) in [6.07, 6.45) is 2.07. The summed E-state index contributed by atoms with van der Waals surface area (Å²) in [5.41, 5.74) is 1.27. The summed E-state index contributed by atoms with van der Waals surface area (Å²) in [6.45, 7) is 2.32. The molecule has 0 saturated heterocycles. The van der Waals surface area contributed by atoms with E-state index in [4.69, 9.17) is 0 Å². The molecule has 0 spiro atoms. The number of amides is 1. The molecule has 0 aliphatic heterocycles. The number of carbonyl (C=O) groups excluding carboxylic acids is 1. The lowest BCUT2D eigenvalue weighted by Gasteiger charge is -2.19. The average molecular weight is 276 g/mol. The molecular weight excluding hydrogens is 252 g/mol. The lowest BCUT2D eigenvalue weighted by atomic mass is 10.1. The van der Waals surface area contributed by atoms with E-state index in [1.54, 1.807) is 0 Å². The van der Waals surface area contributed by atoms with Gasteiger partial charge in [0.15, 0.2) is 0 Å². The number of carbonyl (C=O) groups is 1. The van der Waals surface area contributed by atoms with Gasteiger partial charge in [0, 0.05) is 19.6 Å². The zero-order chi connectivity index (χ0) is 14.4. The van der Waals surface area contributed by atoms with Gasteiger partial charge in [-0.1, -0.05) is 30.3 Å². The minimum absolute atomic E-state index is 0.00288. The molecule has 2 atom stereocenters. The highest BCUT2D eigenvalue weighted by atomic mass is 16.3. The van der Waals surface area contributed by atoms with E-state index < -0.39 is 6.10 Å². The molecule has 4 heteroatoms. The van der Waals surface area contributed by atoms with Gasteiger partial charge in [-0.15, -0.1) is 0 Å². The number of hydrogen-bond acceptors (Lipinski definition) is 3. The van der Waals surface area contributed by atoms with Crippen molar-refractivity contribution < 1.29 is 9.90 Å². The molecule has 1 aliphatic carbocycles. The van der Waals surface area contributed by atoms with Crippen molar-refractivity contribution in [2.24, 2.45) is 5.92 Å². The van der Waals surface area contributed by atoms with Gasteiger partial charge in [-0.2, -0.15) is 0 Å². The summed E-state index contributed by atoms with van der Waals surface area (Å²) >= 11 is 0. The molecule has 2 rings (SSSR count). The second-order valence-corrected chi connectivity index (χ2v) is 5.62. The number of hydrogen-bond donors (Lipinski definition) is 2. The first kappa shape index (κ1) is 15.0. The van der Waals surface area contributed by atoms with Crippen molar-refractivity contribution in [1.29, 1.82) is 0 Å². The lowest BCUT2D eigenvalue weighted by molar-refractivity contribution is -0.127. The Hall–Kier alpha value is -1.39. The Balaban J connectivity index is 1.66. The molecule has 20 heavy (non-hydrogen) atoms. The SMILES string of the molecule is CN(CCNC(=O)C1CCCC1O)Cc1ccccc1. The van der Waals surface area contributed by atoms with Crippen LogP contribution >= 0.6 is 0 Å². The van der Waals surface area contributed by atoms with Gasteiger partial charge in [0.05, 0.1) is 12.0 Å². The Bertz CT molecular complexity index is 422. The van der Waals surface area contributed by atoms with Crippen LogP contribution in [0.15, 0.2) is 30.3 Å². The molecule has 0 aromatic heterocycles. The van der Waals surface area contributed by atoms with Gasteiger partial charge in [0.25, 0.3) is 0 Å². The number of likely N-dealkylation sites (N-methyl/N-ethyl adjacent to an activating group) is 1. The zero-order valence-corrected chi connectivity index (χ0v) is 12.1. The first-order valence-corrected chi connectivity index (χ1v) is 7.35. The van der Waals surface area contributed by atoms with E-state index in [2.05, 4.69) is 22.3 Å². The third-order valence-corrected chi connectivity index (χ3v) is 3.90. The van der Waals surface area contributed by atoms with E-state index >= 15 is 0 Å². The largest absolute Gasteiger partial charge is 0.392 e. The zero-order valence-electron chi connectivity index (χ0n) is 12.1. The van der Waals surface area contributed by atoms with Gasteiger partial charge >= 0.3 is 0 Å². The van der Waals surface area contributed by atoms with Gasteiger partial charge < -0.3 is 15.3 Å². The van der Waals surface area contributed by atoms with Crippen LogP contribution in [-0.4, -0.2) is 42.2 Å². The molecule has 0 heterocycles. The summed E-state index contributed by atoms with van der Waals surface area (Å²) in [5.74, 6) is -0.197. The number of nitrogens with one attached hydrogen (secondary N) is 1. The van der Waals surface area contributed by atoms with Gasteiger partial charge in [-0.05, 0) is 31.9 Å². The van der Waals surface area contributed by atoms with Crippen molar-refractivity contribution in [1.82, 2.24) is 10.2 Å². The molecule has 110 valence electrons. The third-order valence-electron chi connectivity index (χ3n) is 3.90. The van der Waals surface area contributed by atoms with Crippen LogP contribution < -0.4 is 5.32 Å². The monoisotopic (exact) mass is 276 g/mol. The topological polar surface area (TPSA) is 52.6 Å². The summed E-state index contributed by atoms with van der Waals surface area (Å²) in [6, 6.07) is 10.3. The minimum Gasteiger partial charge on any atom is -0.392 e. The molecular formula is C16H24N2O2. The third kappa shape index (κ3) is 4.32. The van der Waals surface area contributed by atoms with Crippen molar-refractivity contribution in [2.75, 3.05) is 20.1 Å². The van der Waals surface area contributed by atoms with Crippen LogP contribution in [0, 0.1) is 5.92 Å². The molecule has 1 aromatic rings. The first-order chi connectivity index (χ1) is 9.66. The average Bonchev–Trinajstić information content (AvgIpc) is 2.86. The van der Waals surface area contributed by atoms with Crippen LogP contribution in [0.2, 0.25) is 0 Å². The Kier molecular flexibility index (Phi) is 5.56. The van der Waals surface area contributed by atoms with Crippen molar-refractivity contribution in [2.45, 2.75) is 31.9 Å². The highest BCUT2D eigenvalue weighted by Gasteiger charge is 2.30. The van der Waals surface area contributed by atoms with Gasteiger partial charge in [0.2, 0.25) is 5.91 Å². The van der Waals surface area contributed by atoms with Crippen LogP contribution in [0.3, 0.4) is 0 Å². The molecule has 1 saturated carbocycles. The Labute approximate surface area is 120 Å². The molecule has 0 bridgehead atoms. The highest BCUT2D eigenvalue weighted by Crippen LogP contribution is 2.25. The maximum absolute atomic E-state index is 11.9. The smallest absolute Gasteiger partial charge is 0.225 e. The predicted octanol–water partition coefficient (Wildman–Crippen LogP) is 1.40. The van der Waals surface area contributed by atoms with E-state index in [1.807, 2.05) is 25.2 Å². The molecule has 2 unspecified atom stereocenters. The van der Waals surface area contributed by atoms with Crippen LogP contribution in [0.5, 0.6) is 0 Å². The van der Waals surface area contributed by atoms with Gasteiger partial charge in [0.1, 0.15) is 0 Å². The quantitative estimate of drug-likeness (QED) is 0.825. The van der Waals surface area contributed by atoms with Crippen LogP contribution in [-0.2, 0) is 11.3 Å². The van der Waals surface area contributed by atoms with Crippen LogP contribution in [0.4, 0.5) is 0 Å². The normalized spacial score (nSPS) is 22.1. The van der Waals surface area contributed by atoms with Crippen LogP contribution in [0.1, 0.15) is 24.8 Å². The molecule has 1 fully saturated rings. The van der Waals surface area contributed by atoms with Crippen molar-refractivity contribution >= 4 is 5.91 Å². The fourth-order valence-electron chi connectivity index (χ4n) is 2.72. The van der Waals surface area contributed by atoms with E-state index in [9.17, 15) is 9.90 Å². The standard InChI is InChI=1S/C16H24N2O2/c1-18(12-13-6-3-2-4-7-13)11-10-17-16(20)14-8-5-9-15(14)19/h2-4,6-7,14-15,19H,5,8-12H2,1H3,(H,17,20). The predicted molar refractivity (Wildman–Crippen MR) is 79.1 cm³/mol. The number of benzene rings is 1. The maximum atomic E-state index is 11.9. The fraction of sp³-hybridized carbons (Fsp3) is 0.562. The van der Waals surface area contributed by atoms with Gasteiger partial charge in [-0.3, -0.25) is 4.79 Å². The Morgan fingerprint density at radius 3 is 2.75 bits per heavy atom. The molecule has 1 aliphatic rings.